The number of amides is 1. The number of nitrogens with one attached hydrogen (secondary N) is 1. The molecule has 3 atom stereocenters. The summed E-state index contributed by atoms with van der Waals surface area (Å²) in [6.45, 7) is 0. The molecule has 0 unspecified atom stereocenters. The normalized spacial score (nSPS) is 26.3. The topological polar surface area (TPSA) is 198 Å². The van der Waals surface area contributed by atoms with Gasteiger partial charge < -0.3 is 31.1 Å². The maximum Gasteiger partial charge on any atom is 0.255 e. The molecule has 0 bridgehead atoms. The van der Waals surface area contributed by atoms with E-state index in [9.17, 15) is 34.8 Å². The molecule has 0 aliphatic heterocycles. The molecule has 3 aliphatic rings. The zero-order valence-corrected chi connectivity index (χ0v) is 17.8. The van der Waals surface area contributed by atoms with Crippen LogP contribution in [0.3, 0.4) is 0 Å². The van der Waals surface area contributed by atoms with Crippen molar-refractivity contribution >= 4 is 40.6 Å². The SMILES string of the molecule is CN(C)c1cc(N=C=N)c(O)c2c1C[C@H]1C[C@H]3CC(=O)C(C(N)=O)=C(O)[C@@]3(O)C(=O)C1=C2O. The summed E-state index contributed by atoms with van der Waals surface area (Å²) in [4.78, 5) is 42.9. The molecule has 11 nitrogen and oxygen atoms in total. The summed E-state index contributed by atoms with van der Waals surface area (Å²) in [6.07, 6.45) is -0.137. The molecule has 0 heterocycles. The van der Waals surface area contributed by atoms with Crippen LogP contribution in [0, 0.1) is 17.2 Å². The van der Waals surface area contributed by atoms with Crippen molar-refractivity contribution < 1.29 is 34.8 Å². The number of nitrogens with zero attached hydrogens (tertiary/aromatic N) is 2. The lowest BCUT2D eigenvalue weighted by molar-refractivity contribution is -0.147. The number of aromatic hydroxyl groups is 1. The monoisotopic (exact) mass is 454 g/mol. The van der Waals surface area contributed by atoms with Gasteiger partial charge in [-0.2, -0.15) is 4.99 Å². The number of benzene rings is 1. The Hall–Kier alpha value is -3.95. The Morgan fingerprint density at radius 3 is 2.52 bits per heavy atom. The minimum Gasteiger partial charge on any atom is -0.508 e. The molecule has 1 amide bonds. The quantitative estimate of drug-likeness (QED) is 0.285. The van der Waals surface area contributed by atoms with Gasteiger partial charge in [0, 0.05) is 37.7 Å². The van der Waals surface area contributed by atoms with Crippen LogP contribution >= 0.6 is 0 Å². The highest BCUT2D eigenvalue weighted by atomic mass is 16.3. The lowest BCUT2D eigenvalue weighted by atomic mass is 9.59. The molecule has 0 spiro atoms. The van der Waals surface area contributed by atoms with Crippen molar-refractivity contribution in [1.29, 1.82) is 5.41 Å². The summed E-state index contributed by atoms with van der Waals surface area (Å²) in [5.41, 5.74) is 2.45. The summed E-state index contributed by atoms with van der Waals surface area (Å²) < 4.78 is 0. The number of anilines is 1. The van der Waals surface area contributed by atoms with Gasteiger partial charge in [-0.15, -0.1) is 0 Å². The van der Waals surface area contributed by atoms with Gasteiger partial charge in [-0.05, 0) is 30.4 Å². The predicted molar refractivity (Wildman–Crippen MR) is 116 cm³/mol. The molecule has 7 N–H and O–H groups in total. The van der Waals surface area contributed by atoms with Gasteiger partial charge in [0.15, 0.2) is 17.1 Å². The van der Waals surface area contributed by atoms with Crippen molar-refractivity contribution in [1.82, 2.24) is 0 Å². The zero-order chi connectivity index (χ0) is 24.4. The lowest BCUT2D eigenvalue weighted by Crippen LogP contribution is -2.58. The Balaban J connectivity index is 1.99. The first-order chi connectivity index (χ1) is 15.4. The molecule has 1 aromatic carbocycles. The fourth-order valence-corrected chi connectivity index (χ4v) is 5.20. The molecule has 33 heavy (non-hydrogen) atoms. The van der Waals surface area contributed by atoms with Gasteiger partial charge in [-0.3, -0.25) is 14.4 Å². The predicted octanol–water partition coefficient (Wildman–Crippen LogP) is 0.874. The number of primary amides is 1. The van der Waals surface area contributed by atoms with Crippen molar-refractivity contribution in [3.63, 3.8) is 0 Å². The van der Waals surface area contributed by atoms with E-state index in [0.717, 1.165) is 0 Å². The van der Waals surface area contributed by atoms with Gasteiger partial charge in [0.1, 0.15) is 22.8 Å². The molecule has 3 aliphatic carbocycles. The Bertz CT molecular complexity index is 1260. The molecule has 1 fully saturated rings. The number of aliphatic imine (C=N–C) groups is 1. The Labute approximate surface area is 187 Å². The van der Waals surface area contributed by atoms with E-state index in [-0.39, 0.29) is 36.1 Å². The Morgan fingerprint density at radius 1 is 1.27 bits per heavy atom. The average Bonchev–Trinajstić information content (AvgIpc) is 2.72. The third-order valence-electron chi connectivity index (χ3n) is 6.68. The molecule has 1 aromatic rings. The van der Waals surface area contributed by atoms with Crippen LogP contribution in [0.25, 0.3) is 5.76 Å². The first-order valence-corrected chi connectivity index (χ1v) is 10.1. The second-order valence-electron chi connectivity index (χ2n) is 8.64. The number of aliphatic hydroxyl groups is 3. The van der Waals surface area contributed by atoms with E-state index < -0.39 is 57.8 Å². The summed E-state index contributed by atoms with van der Waals surface area (Å²) >= 11 is 0. The average molecular weight is 454 g/mol. The summed E-state index contributed by atoms with van der Waals surface area (Å²) in [7, 11) is 3.47. The van der Waals surface area contributed by atoms with Crippen LogP contribution in [-0.2, 0) is 20.8 Å². The fourth-order valence-electron chi connectivity index (χ4n) is 5.20. The zero-order valence-electron chi connectivity index (χ0n) is 17.8. The number of Topliss-reactive ketones (excluding diaryl/α,β-unsaturated/α-hetero) is 2. The number of hydrogen-bond acceptors (Lipinski definition) is 10. The van der Waals surface area contributed by atoms with Crippen molar-refractivity contribution in [2.45, 2.75) is 24.9 Å². The number of carbonyl (C=O) groups excluding carboxylic acids is 3. The van der Waals surface area contributed by atoms with Crippen molar-refractivity contribution in [2.75, 3.05) is 19.0 Å². The maximum atomic E-state index is 13.5. The third kappa shape index (κ3) is 2.90. The highest BCUT2D eigenvalue weighted by molar-refractivity contribution is 6.22. The fraction of sp³-hybridized carbons (Fsp3) is 0.364. The summed E-state index contributed by atoms with van der Waals surface area (Å²) in [6, 6.07) is 3.34. The number of nitrogens with two attached hydrogens (primary N) is 1. The van der Waals surface area contributed by atoms with Gasteiger partial charge in [-0.1, -0.05) is 0 Å². The number of hydrogen-bond donors (Lipinski definition) is 6. The smallest absolute Gasteiger partial charge is 0.255 e. The number of carbonyl (C=O) groups is 3. The molecular formula is C22H22N4O7. The van der Waals surface area contributed by atoms with Crippen LogP contribution < -0.4 is 10.6 Å². The van der Waals surface area contributed by atoms with E-state index in [1.807, 2.05) is 6.01 Å². The van der Waals surface area contributed by atoms with Crippen LogP contribution in [-0.4, -0.2) is 63.6 Å². The molecule has 0 saturated heterocycles. The van der Waals surface area contributed by atoms with Gasteiger partial charge in [0.25, 0.3) is 5.91 Å². The number of fused-ring (bicyclic) bond motifs is 3. The van der Waals surface area contributed by atoms with E-state index in [1.54, 1.807) is 19.0 Å². The molecule has 0 radical (unpaired) electrons. The lowest BCUT2D eigenvalue weighted by Gasteiger charge is -2.46. The van der Waals surface area contributed by atoms with Gasteiger partial charge >= 0.3 is 0 Å². The van der Waals surface area contributed by atoms with Crippen LogP contribution in [0.5, 0.6) is 5.75 Å². The van der Waals surface area contributed by atoms with Crippen molar-refractivity contribution in [3.05, 3.63) is 34.1 Å². The molecule has 11 heteroatoms. The second-order valence-corrected chi connectivity index (χ2v) is 8.64. The van der Waals surface area contributed by atoms with Crippen LogP contribution in [0.1, 0.15) is 24.0 Å². The standard InChI is InChI=1S/C22H22N4O7/c1-26(2)12-6-11(25-7-23)17(28)15-10(12)4-8-3-9-5-13(27)16(21(24)32)20(31)22(9,33)19(30)14(8)18(15)29/h6,8-9,23,28-29,31,33H,3-5H2,1-2H3,(H2,24,32)/t8-,9+,22+/m1/s1. The minimum atomic E-state index is -2.61. The molecular weight excluding hydrogens is 432 g/mol. The van der Waals surface area contributed by atoms with Gasteiger partial charge in [0.2, 0.25) is 5.78 Å². The largest absolute Gasteiger partial charge is 0.508 e. The Morgan fingerprint density at radius 2 is 1.94 bits per heavy atom. The first-order valence-electron chi connectivity index (χ1n) is 10.1. The van der Waals surface area contributed by atoms with Crippen molar-refractivity contribution in [2.24, 2.45) is 22.6 Å². The number of phenolic OH excluding ortho intramolecular Hbond substituents is 1. The summed E-state index contributed by atoms with van der Waals surface area (Å²) in [5, 5.41) is 50.8. The van der Waals surface area contributed by atoms with Gasteiger partial charge in [0.05, 0.1) is 11.6 Å². The molecule has 4 rings (SSSR count). The number of aliphatic hydroxyl groups excluding tert-OH is 2. The molecule has 0 aromatic heterocycles. The van der Waals surface area contributed by atoms with E-state index in [0.29, 0.717) is 11.3 Å². The number of rotatable bonds is 3. The third-order valence-corrected chi connectivity index (χ3v) is 6.68. The second kappa shape index (κ2) is 7.29. The number of phenols is 1. The first kappa shape index (κ1) is 22.3. The van der Waals surface area contributed by atoms with Crippen LogP contribution in [0.4, 0.5) is 11.4 Å². The Kier molecular flexibility index (Phi) is 4.92. The van der Waals surface area contributed by atoms with E-state index >= 15 is 0 Å². The minimum absolute atomic E-state index is 0.0525. The van der Waals surface area contributed by atoms with E-state index in [2.05, 4.69) is 4.99 Å². The summed E-state index contributed by atoms with van der Waals surface area (Å²) in [5.74, 6) is -6.95. The number of ketones is 2. The van der Waals surface area contributed by atoms with Crippen LogP contribution in [0.2, 0.25) is 0 Å². The molecule has 1 saturated carbocycles. The highest BCUT2D eigenvalue weighted by Gasteiger charge is 2.60. The van der Waals surface area contributed by atoms with E-state index in [4.69, 9.17) is 11.1 Å². The molecule has 172 valence electrons. The maximum absolute atomic E-state index is 13.5. The van der Waals surface area contributed by atoms with Crippen LogP contribution in [0.15, 0.2) is 28.0 Å². The van der Waals surface area contributed by atoms with Gasteiger partial charge in [-0.25, -0.2) is 5.41 Å². The van der Waals surface area contributed by atoms with Crippen molar-refractivity contribution in [3.8, 4) is 5.75 Å². The van der Waals surface area contributed by atoms with E-state index in [1.165, 1.54) is 6.07 Å². The highest BCUT2D eigenvalue weighted by Crippen LogP contribution is 2.54.